The number of hydrogen-bond acceptors (Lipinski definition) is 8. The summed E-state index contributed by atoms with van der Waals surface area (Å²) in [7, 11) is 1.43. The van der Waals surface area contributed by atoms with Crippen molar-refractivity contribution in [2.45, 2.75) is 39.8 Å². The Balaban J connectivity index is 1.76. The van der Waals surface area contributed by atoms with Gasteiger partial charge in [-0.15, -0.1) is 0 Å². The molecule has 0 unspecified atom stereocenters. The highest BCUT2D eigenvalue weighted by Crippen LogP contribution is 2.31. The lowest BCUT2D eigenvalue weighted by atomic mass is 9.84. The van der Waals surface area contributed by atoms with Gasteiger partial charge in [-0.25, -0.2) is 9.78 Å². The number of pyridine rings is 1. The molecule has 0 saturated carbocycles. The van der Waals surface area contributed by atoms with Crippen molar-refractivity contribution < 1.29 is 23.9 Å². The molecule has 0 aliphatic rings. The van der Waals surface area contributed by atoms with E-state index in [0.717, 1.165) is 5.56 Å². The predicted molar refractivity (Wildman–Crippen MR) is 182 cm³/mol. The molecule has 244 valence electrons. The van der Waals surface area contributed by atoms with Gasteiger partial charge < -0.3 is 31.6 Å². The summed E-state index contributed by atoms with van der Waals surface area (Å²) in [5.41, 5.74) is 13.8. The van der Waals surface area contributed by atoms with Gasteiger partial charge >= 0.3 is 5.97 Å². The number of anilines is 1. The summed E-state index contributed by atoms with van der Waals surface area (Å²) in [5.74, 6) is -1.55. The topological polar surface area (TPSA) is 183 Å². The van der Waals surface area contributed by atoms with E-state index in [9.17, 15) is 14.4 Å². The second-order valence-corrected chi connectivity index (χ2v) is 12.0. The molecule has 11 nitrogen and oxygen atoms in total. The zero-order valence-corrected chi connectivity index (χ0v) is 26.9. The van der Waals surface area contributed by atoms with Crippen LogP contribution in [-0.4, -0.2) is 48.3 Å². The van der Waals surface area contributed by atoms with E-state index in [0.29, 0.717) is 35.3 Å². The number of amides is 2. The summed E-state index contributed by atoms with van der Waals surface area (Å²) in [6, 6.07) is 23.3. The number of amidine groups is 1. The van der Waals surface area contributed by atoms with Crippen LogP contribution >= 0.6 is 0 Å². The van der Waals surface area contributed by atoms with Crippen molar-refractivity contribution in [3.8, 4) is 17.0 Å². The lowest BCUT2D eigenvalue weighted by Gasteiger charge is -2.31. The van der Waals surface area contributed by atoms with Gasteiger partial charge in [0, 0.05) is 34.5 Å². The summed E-state index contributed by atoms with van der Waals surface area (Å²) in [6.07, 6.45) is 0.576. The smallest absolute Gasteiger partial charge is 0.339 e. The van der Waals surface area contributed by atoms with Crippen LogP contribution in [0.2, 0.25) is 0 Å². The van der Waals surface area contributed by atoms with Crippen LogP contribution in [0, 0.1) is 10.8 Å². The number of nitrogens with one attached hydrogen (secondary N) is 3. The van der Waals surface area contributed by atoms with Crippen molar-refractivity contribution in [3.63, 3.8) is 0 Å². The maximum absolute atomic E-state index is 13.7. The quantitative estimate of drug-likeness (QED) is 0.0804. The van der Waals surface area contributed by atoms with Crippen LogP contribution in [0.25, 0.3) is 11.1 Å². The minimum Gasteiger partial charge on any atom is -0.481 e. The monoisotopic (exact) mass is 636 g/mol. The van der Waals surface area contributed by atoms with Crippen LogP contribution in [-0.2, 0) is 11.3 Å². The standard InChI is InChI=1S/C36H40N6O5/c1-36(2,3)29(18-19-37)41-33(43)24-12-15-26(28(20-24)35(45)47-21-22-8-6-5-7-9-22)27-16-17-30(46-4)42-31(27)34(44)40-25-13-10-23(11-14-25)32(38)39/h5-17,20,29H,18-19,21,37H2,1-4H3,(H3,38,39)(H,40,44)(H,41,43)/t29-/m0/s1. The third kappa shape index (κ3) is 8.80. The van der Waals surface area contributed by atoms with Gasteiger partial charge in [-0.05, 0) is 72.0 Å². The van der Waals surface area contributed by atoms with E-state index in [1.54, 1.807) is 48.5 Å². The van der Waals surface area contributed by atoms with E-state index in [1.807, 2.05) is 51.1 Å². The number of nitrogen functional groups attached to an aromatic ring is 1. The van der Waals surface area contributed by atoms with Gasteiger partial charge in [0.2, 0.25) is 5.88 Å². The van der Waals surface area contributed by atoms with Crippen LogP contribution in [0.15, 0.2) is 84.9 Å². The Labute approximate surface area is 274 Å². The van der Waals surface area contributed by atoms with E-state index in [-0.39, 0.29) is 52.5 Å². The summed E-state index contributed by atoms with van der Waals surface area (Å²) in [5, 5.41) is 13.5. The van der Waals surface area contributed by atoms with Crippen molar-refractivity contribution >= 4 is 29.3 Å². The van der Waals surface area contributed by atoms with Crippen LogP contribution < -0.4 is 26.8 Å². The predicted octanol–water partition coefficient (Wildman–Crippen LogP) is 5.14. The van der Waals surface area contributed by atoms with E-state index in [1.165, 1.54) is 13.2 Å². The Kier molecular flexibility index (Phi) is 11.1. The minimum absolute atomic E-state index is 0.00258. The zero-order valence-electron chi connectivity index (χ0n) is 26.9. The van der Waals surface area contributed by atoms with Crippen LogP contribution in [0.1, 0.15) is 69.5 Å². The van der Waals surface area contributed by atoms with E-state index in [4.69, 9.17) is 26.4 Å². The number of hydrogen-bond donors (Lipinski definition) is 5. The molecule has 0 aliphatic heterocycles. The van der Waals surface area contributed by atoms with Gasteiger partial charge in [0.05, 0.1) is 12.7 Å². The fraction of sp³-hybridized carbons (Fsp3) is 0.250. The van der Waals surface area contributed by atoms with E-state index < -0.39 is 11.9 Å². The highest BCUT2D eigenvalue weighted by Gasteiger charge is 2.28. The first kappa shape index (κ1) is 34.3. The molecule has 4 aromatic rings. The number of carbonyl (C=O) groups is 3. The van der Waals surface area contributed by atoms with E-state index in [2.05, 4.69) is 15.6 Å². The highest BCUT2D eigenvalue weighted by atomic mass is 16.5. The number of nitrogens with two attached hydrogens (primary N) is 2. The number of aromatic nitrogens is 1. The first-order chi connectivity index (χ1) is 22.4. The molecular weight excluding hydrogens is 596 g/mol. The second kappa shape index (κ2) is 15.2. The van der Waals surface area contributed by atoms with Gasteiger partial charge in [-0.1, -0.05) is 57.2 Å². The van der Waals surface area contributed by atoms with E-state index >= 15 is 0 Å². The number of ether oxygens (including phenoxy) is 2. The molecule has 0 radical (unpaired) electrons. The molecule has 3 aromatic carbocycles. The average Bonchev–Trinajstić information content (AvgIpc) is 3.06. The summed E-state index contributed by atoms with van der Waals surface area (Å²) >= 11 is 0. The molecule has 0 saturated heterocycles. The van der Waals surface area contributed by atoms with Gasteiger partial charge in [-0.2, -0.15) is 0 Å². The Morgan fingerprint density at radius 2 is 1.55 bits per heavy atom. The molecule has 0 spiro atoms. The number of methoxy groups -OCH3 is 1. The Hall–Kier alpha value is -5.55. The third-order valence-corrected chi connectivity index (χ3v) is 7.56. The average molecular weight is 637 g/mol. The highest BCUT2D eigenvalue weighted by molar-refractivity contribution is 6.10. The first-order valence-electron chi connectivity index (χ1n) is 15.1. The molecule has 0 aliphatic carbocycles. The van der Waals surface area contributed by atoms with Crippen molar-refractivity contribution in [1.82, 2.24) is 10.3 Å². The zero-order chi connectivity index (χ0) is 34.1. The first-order valence-corrected chi connectivity index (χ1v) is 15.1. The molecule has 0 fully saturated rings. The van der Waals surface area contributed by atoms with Crippen molar-refractivity contribution in [2.24, 2.45) is 16.9 Å². The van der Waals surface area contributed by atoms with Gasteiger partial charge in [0.1, 0.15) is 18.1 Å². The van der Waals surface area contributed by atoms with Crippen LogP contribution in [0.3, 0.4) is 0 Å². The van der Waals surface area contributed by atoms with Crippen LogP contribution in [0.5, 0.6) is 5.88 Å². The maximum Gasteiger partial charge on any atom is 0.339 e. The third-order valence-electron chi connectivity index (χ3n) is 7.56. The molecule has 7 N–H and O–H groups in total. The fourth-order valence-electron chi connectivity index (χ4n) is 4.89. The SMILES string of the molecule is COc1ccc(-c2ccc(C(=O)N[C@@H](CCN)C(C)(C)C)cc2C(=O)OCc2ccccc2)c(C(=O)Nc2ccc(C(=N)N)cc2)n1. The Morgan fingerprint density at radius 1 is 0.894 bits per heavy atom. The number of carbonyl (C=O) groups excluding carboxylic acids is 3. The van der Waals surface area contributed by atoms with Gasteiger partial charge in [0.15, 0.2) is 0 Å². The number of nitrogens with zero attached hydrogens (tertiary/aromatic N) is 1. The molecule has 47 heavy (non-hydrogen) atoms. The van der Waals surface area contributed by atoms with Crippen molar-refractivity contribution in [3.05, 3.63) is 113 Å². The number of rotatable bonds is 12. The molecule has 4 rings (SSSR count). The summed E-state index contributed by atoms with van der Waals surface area (Å²) in [4.78, 5) is 45.3. The number of esters is 1. The molecule has 1 atom stereocenters. The van der Waals surface area contributed by atoms with Gasteiger partial charge in [0.25, 0.3) is 11.8 Å². The molecule has 2 amide bonds. The summed E-state index contributed by atoms with van der Waals surface area (Å²) in [6.45, 7) is 6.45. The molecule has 0 bridgehead atoms. The normalized spacial score (nSPS) is 11.7. The maximum atomic E-state index is 13.7. The number of benzene rings is 3. The Morgan fingerprint density at radius 3 is 2.17 bits per heavy atom. The molecule has 1 aromatic heterocycles. The largest absolute Gasteiger partial charge is 0.481 e. The fourth-order valence-corrected chi connectivity index (χ4v) is 4.89. The second-order valence-electron chi connectivity index (χ2n) is 12.0. The van der Waals surface area contributed by atoms with Crippen LogP contribution in [0.4, 0.5) is 5.69 Å². The van der Waals surface area contributed by atoms with Gasteiger partial charge in [-0.3, -0.25) is 15.0 Å². The Bertz CT molecular complexity index is 1750. The molecular formula is C36H40N6O5. The minimum atomic E-state index is -0.685. The van der Waals surface area contributed by atoms with Crippen molar-refractivity contribution in [2.75, 3.05) is 19.0 Å². The molecule has 11 heteroatoms. The van der Waals surface area contributed by atoms with Crippen molar-refractivity contribution in [1.29, 1.82) is 5.41 Å². The summed E-state index contributed by atoms with van der Waals surface area (Å²) < 4.78 is 11.0. The molecule has 1 heterocycles. The lowest BCUT2D eigenvalue weighted by molar-refractivity contribution is 0.0473. The lowest BCUT2D eigenvalue weighted by Crippen LogP contribution is -2.44.